The number of hydrogen-bond donors (Lipinski definition) is 1. The van der Waals surface area contributed by atoms with Gasteiger partial charge in [-0.05, 0) is 12.6 Å². The molecule has 1 aliphatic rings. The van der Waals surface area contributed by atoms with E-state index in [1.165, 1.54) is 6.42 Å². The van der Waals surface area contributed by atoms with Gasteiger partial charge < -0.3 is 21.5 Å². The summed E-state index contributed by atoms with van der Waals surface area (Å²) in [6, 6.07) is 6.59. The van der Waals surface area contributed by atoms with Gasteiger partial charge >= 0.3 is 51.4 Å². The first kappa shape index (κ1) is 20.1. The van der Waals surface area contributed by atoms with Crippen LogP contribution in [0.25, 0.3) is 0 Å². The molecule has 0 radical (unpaired) electrons. The van der Waals surface area contributed by atoms with Gasteiger partial charge in [0.25, 0.3) is 0 Å². The van der Waals surface area contributed by atoms with Crippen molar-refractivity contribution in [3.8, 4) is 0 Å². The van der Waals surface area contributed by atoms with Crippen LogP contribution in [0.4, 0.5) is 0 Å². The molecule has 2 rings (SSSR count). The number of aryl methyl sites for hydroxylation is 1. The summed E-state index contributed by atoms with van der Waals surface area (Å²) >= 11 is 0. The van der Waals surface area contributed by atoms with Crippen molar-refractivity contribution in [2.45, 2.75) is 33.6 Å². The van der Waals surface area contributed by atoms with Gasteiger partial charge in [-0.2, -0.15) is 12.5 Å². The van der Waals surface area contributed by atoms with Crippen LogP contribution in [0.5, 0.6) is 0 Å². The minimum Gasteiger partial charge on any atom is -0.322 e. The van der Waals surface area contributed by atoms with Gasteiger partial charge in [0.2, 0.25) is 5.91 Å². The van der Waals surface area contributed by atoms with E-state index in [9.17, 15) is 9.59 Å². The number of piperidine rings is 1. The predicted molar refractivity (Wildman–Crippen MR) is 65.8 cm³/mol. The minimum atomic E-state index is -0.263. The van der Waals surface area contributed by atoms with Crippen molar-refractivity contribution in [1.82, 2.24) is 10.3 Å². The Kier molecular flexibility index (Phi) is 14.8. The molecule has 2 amide bonds. The quantitative estimate of drug-likeness (QED) is 0.369. The Bertz CT molecular complexity index is 328. The third-order valence-electron chi connectivity index (χ3n) is 1.73. The molecular formula is C13H18KN2O2-. The van der Waals surface area contributed by atoms with E-state index < -0.39 is 0 Å². The van der Waals surface area contributed by atoms with Crippen molar-refractivity contribution >= 4 is 11.8 Å². The van der Waals surface area contributed by atoms with E-state index >= 15 is 0 Å². The summed E-state index contributed by atoms with van der Waals surface area (Å²) < 4.78 is 0. The number of nitrogens with one attached hydrogen (secondary N) is 1. The zero-order valence-corrected chi connectivity index (χ0v) is 14.6. The van der Waals surface area contributed by atoms with Gasteiger partial charge in [-0.1, -0.05) is 20.0 Å². The first-order chi connectivity index (χ1) is 8.18. The topological polar surface area (TPSA) is 59.1 Å². The Labute approximate surface area is 151 Å². The fourth-order valence-electron chi connectivity index (χ4n) is 0.979. The van der Waals surface area contributed by atoms with E-state index in [0.717, 1.165) is 5.69 Å². The summed E-state index contributed by atoms with van der Waals surface area (Å²) in [7, 11) is 0. The molecule has 1 aromatic heterocycles. The normalized spacial score (nSPS) is 12.4. The van der Waals surface area contributed by atoms with E-state index in [2.05, 4.69) is 16.4 Å². The van der Waals surface area contributed by atoms with E-state index in [0.29, 0.717) is 12.8 Å². The number of carbonyl (C=O) groups excluding carboxylic acids is 2. The maximum Gasteiger partial charge on any atom is 1.00 e. The monoisotopic (exact) mass is 273 g/mol. The first-order valence-corrected chi connectivity index (χ1v) is 5.64. The first-order valence-electron chi connectivity index (χ1n) is 5.64. The van der Waals surface area contributed by atoms with Crippen molar-refractivity contribution in [2.75, 3.05) is 0 Å². The van der Waals surface area contributed by atoms with Crippen LogP contribution in [0, 0.1) is 19.4 Å². The van der Waals surface area contributed by atoms with Crippen molar-refractivity contribution in [3.05, 3.63) is 36.5 Å². The van der Waals surface area contributed by atoms with Gasteiger partial charge in [0.15, 0.2) is 0 Å². The Balaban J connectivity index is 0. The Morgan fingerprint density at radius 3 is 2.33 bits per heavy atom. The molecule has 0 saturated carbocycles. The average Bonchev–Trinajstić information content (AvgIpc) is 2.33. The third kappa shape index (κ3) is 10.9. The van der Waals surface area contributed by atoms with Crippen LogP contribution in [0.3, 0.4) is 0 Å². The predicted octanol–water partition coefficient (Wildman–Crippen LogP) is -1.15. The smallest absolute Gasteiger partial charge is 0.322 e. The molecule has 1 N–H and O–H groups in total. The van der Waals surface area contributed by atoms with E-state index in [-0.39, 0.29) is 63.2 Å². The van der Waals surface area contributed by atoms with Gasteiger partial charge in [0.05, 0.1) is 5.91 Å². The number of carbonyl (C=O) groups is 2. The Morgan fingerprint density at radius 1 is 1.39 bits per heavy atom. The summed E-state index contributed by atoms with van der Waals surface area (Å²) in [5.74, 6) is -0.432. The number of rotatable bonds is 0. The fourth-order valence-corrected chi connectivity index (χ4v) is 0.979. The van der Waals surface area contributed by atoms with Gasteiger partial charge in [0.1, 0.15) is 0 Å². The molecule has 0 bridgehead atoms. The molecule has 0 atom stereocenters. The zero-order valence-electron chi connectivity index (χ0n) is 11.5. The molecule has 1 aromatic rings. The molecule has 18 heavy (non-hydrogen) atoms. The second-order valence-electron chi connectivity index (χ2n) is 3.05. The van der Waals surface area contributed by atoms with E-state index in [4.69, 9.17) is 0 Å². The maximum atomic E-state index is 10.3. The fraction of sp³-hybridized carbons (Fsp3) is 0.385. The van der Waals surface area contributed by atoms with Crippen LogP contribution in [0.2, 0.25) is 0 Å². The van der Waals surface area contributed by atoms with Crippen LogP contribution in [-0.4, -0.2) is 16.8 Å². The molecule has 94 valence electrons. The molecule has 0 aliphatic carbocycles. The third-order valence-corrected chi connectivity index (χ3v) is 1.73. The van der Waals surface area contributed by atoms with Gasteiger partial charge in [0, 0.05) is 6.42 Å². The Morgan fingerprint density at radius 2 is 2.06 bits per heavy atom. The second-order valence-corrected chi connectivity index (χ2v) is 3.05. The van der Waals surface area contributed by atoms with Crippen LogP contribution in [0.1, 0.15) is 32.4 Å². The van der Waals surface area contributed by atoms with Crippen LogP contribution >= 0.6 is 0 Å². The standard InChI is InChI=1S/C6H6N.C5H6NO2.C2H6.K/c1-6-4-2-3-5-7-6;7-4-2-1-3-5(8)6-4;1-2;/h2,4-5H,1H3;2H,1,3H2,(H,6,7,8);1-2H3;/q2*-1;;+1. The molecule has 0 aromatic carbocycles. The summed E-state index contributed by atoms with van der Waals surface area (Å²) in [5.41, 5.74) is 1.04. The molecule has 1 fully saturated rings. The van der Waals surface area contributed by atoms with Crippen molar-refractivity contribution in [2.24, 2.45) is 0 Å². The van der Waals surface area contributed by atoms with Crippen molar-refractivity contribution in [3.63, 3.8) is 0 Å². The molecule has 0 unspecified atom stereocenters. The van der Waals surface area contributed by atoms with Crippen molar-refractivity contribution in [1.29, 1.82) is 0 Å². The van der Waals surface area contributed by atoms with Gasteiger partial charge in [-0.3, -0.25) is 4.79 Å². The number of imide groups is 1. The van der Waals surface area contributed by atoms with Gasteiger partial charge in [-0.25, -0.2) is 12.1 Å². The molecular weight excluding hydrogens is 255 g/mol. The zero-order chi connectivity index (χ0) is 13.1. The Hall–Kier alpha value is -0.204. The summed E-state index contributed by atoms with van der Waals surface area (Å²) in [4.78, 5) is 24.5. The number of pyridine rings is 1. The number of nitrogens with zero attached hydrogens (tertiary/aromatic N) is 1. The average molecular weight is 273 g/mol. The van der Waals surface area contributed by atoms with Crippen LogP contribution in [0.15, 0.2) is 18.3 Å². The maximum absolute atomic E-state index is 10.3. The summed E-state index contributed by atoms with van der Waals surface area (Å²) in [6.45, 7) is 5.95. The van der Waals surface area contributed by atoms with Crippen LogP contribution in [-0.2, 0) is 9.59 Å². The molecule has 1 aliphatic heterocycles. The second kappa shape index (κ2) is 13.2. The van der Waals surface area contributed by atoms with E-state index in [1.54, 1.807) is 6.20 Å². The number of aromatic nitrogens is 1. The molecule has 4 nitrogen and oxygen atoms in total. The molecule has 5 heteroatoms. The largest absolute Gasteiger partial charge is 1.00 e. The molecule has 0 spiro atoms. The minimum absolute atomic E-state index is 0. The SMILES string of the molecule is CC.Cc1cc[c-]cn1.O=C1[CH-]CCC(=O)N1.[K+]. The molecule has 1 saturated heterocycles. The molecule has 2 heterocycles. The van der Waals surface area contributed by atoms with Crippen LogP contribution < -0.4 is 56.7 Å². The van der Waals surface area contributed by atoms with Crippen molar-refractivity contribution < 1.29 is 61.0 Å². The summed E-state index contributed by atoms with van der Waals surface area (Å²) in [6.07, 6.45) is 4.17. The number of amides is 2. The van der Waals surface area contributed by atoms with Gasteiger partial charge in [-0.15, -0.1) is 0 Å². The number of hydrogen-bond acceptors (Lipinski definition) is 3. The summed E-state index contributed by atoms with van der Waals surface area (Å²) in [5, 5.41) is 2.15. The van der Waals surface area contributed by atoms with E-state index in [1.807, 2.05) is 32.9 Å².